The maximum absolute atomic E-state index is 11.8. The van der Waals surface area contributed by atoms with Crippen LogP contribution in [-0.2, 0) is 9.53 Å². The average Bonchev–Trinajstić information content (AvgIpc) is 2.33. The number of hydrogen-bond donors (Lipinski definition) is 0. The number of rotatable bonds is 7. The van der Waals surface area contributed by atoms with Gasteiger partial charge < -0.3 is 9.64 Å². The molecule has 1 aliphatic heterocycles. The highest BCUT2D eigenvalue weighted by atomic mass is 79.9. The van der Waals surface area contributed by atoms with Crippen LogP contribution in [0.3, 0.4) is 0 Å². The molecule has 0 N–H and O–H groups in total. The molecule has 0 radical (unpaired) electrons. The van der Waals surface area contributed by atoms with Gasteiger partial charge in [0, 0.05) is 18.4 Å². The van der Waals surface area contributed by atoms with E-state index in [-0.39, 0.29) is 17.9 Å². The number of nitrogens with zero attached hydrogens (tertiary/aromatic N) is 1. The molecule has 1 saturated heterocycles. The van der Waals surface area contributed by atoms with E-state index in [0.717, 1.165) is 18.4 Å². The van der Waals surface area contributed by atoms with Gasteiger partial charge in [-0.25, -0.2) is 0 Å². The maximum Gasteiger partial charge on any atom is 0.248 e. The van der Waals surface area contributed by atoms with Gasteiger partial charge in [-0.05, 0) is 18.3 Å². The molecule has 3 nitrogen and oxygen atoms in total. The fourth-order valence-electron chi connectivity index (χ4n) is 2.64. The summed E-state index contributed by atoms with van der Waals surface area (Å²) < 4.78 is 5.18. The number of morpholine rings is 1. The van der Waals surface area contributed by atoms with E-state index >= 15 is 0 Å². The topological polar surface area (TPSA) is 29.5 Å². The maximum atomic E-state index is 11.8. The van der Waals surface area contributed by atoms with Crippen LogP contribution in [-0.4, -0.2) is 42.4 Å². The Kier molecular flexibility index (Phi) is 6.49. The summed E-state index contributed by atoms with van der Waals surface area (Å²) in [6, 6.07) is 0. The first-order valence-corrected chi connectivity index (χ1v) is 7.71. The molecule has 0 aromatic carbocycles. The first kappa shape index (κ1) is 15.0. The molecule has 1 aliphatic rings. The van der Waals surface area contributed by atoms with Crippen LogP contribution in [0.2, 0.25) is 0 Å². The van der Waals surface area contributed by atoms with Gasteiger partial charge >= 0.3 is 0 Å². The Balaban J connectivity index is 2.65. The number of halogens is 1. The van der Waals surface area contributed by atoms with Gasteiger partial charge in [-0.15, -0.1) is 0 Å². The fourth-order valence-corrected chi connectivity index (χ4v) is 3.38. The Bertz CT molecular complexity index is 240. The number of carbonyl (C=O) groups is 1. The molecule has 0 aliphatic carbocycles. The van der Waals surface area contributed by atoms with Crippen molar-refractivity contribution < 1.29 is 9.53 Å². The molecule has 0 aromatic heterocycles. The van der Waals surface area contributed by atoms with Crippen molar-refractivity contribution in [3.63, 3.8) is 0 Å². The van der Waals surface area contributed by atoms with Gasteiger partial charge in [-0.1, -0.05) is 42.6 Å². The highest BCUT2D eigenvalue weighted by Crippen LogP contribution is 2.33. The molecule has 0 atom stereocenters. The molecule has 1 rings (SSSR count). The van der Waals surface area contributed by atoms with Crippen molar-refractivity contribution >= 4 is 21.8 Å². The smallest absolute Gasteiger partial charge is 0.248 e. The lowest BCUT2D eigenvalue weighted by atomic mass is 9.80. The van der Waals surface area contributed by atoms with Gasteiger partial charge in [0.05, 0.1) is 6.61 Å². The zero-order valence-electron chi connectivity index (χ0n) is 11.0. The van der Waals surface area contributed by atoms with E-state index in [0.29, 0.717) is 6.61 Å². The Hall–Kier alpha value is -0.0900. The highest BCUT2D eigenvalue weighted by molar-refractivity contribution is 9.09. The van der Waals surface area contributed by atoms with E-state index in [4.69, 9.17) is 4.74 Å². The number of hydrogen-bond acceptors (Lipinski definition) is 2. The van der Waals surface area contributed by atoms with Crippen LogP contribution in [0.4, 0.5) is 0 Å². The number of amides is 1. The molecule has 4 heteroatoms. The second kappa shape index (κ2) is 7.37. The van der Waals surface area contributed by atoms with Crippen molar-refractivity contribution in [1.29, 1.82) is 0 Å². The Morgan fingerprint density at radius 1 is 1.35 bits per heavy atom. The molecule has 0 saturated carbocycles. The molecule has 0 spiro atoms. The van der Waals surface area contributed by atoms with Gasteiger partial charge in [-0.2, -0.15) is 0 Å². The van der Waals surface area contributed by atoms with E-state index in [1.54, 1.807) is 0 Å². The second-order valence-electron chi connectivity index (χ2n) is 5.00. The summed E-state index contributed by atoms with van der Waals surface area (Å²) in [6.45, 7) is 7.00. The number of carbonyl (C=O) groups excluding carboxylic acids is 1. The van der Waals surface area contributed by atoms with E-state index < -0.39 is 0 Å². The summed E-state index contributed by atoms with van der Waals surface area (Å²) in [5, 5.41) is 0.978. The fraction of sp³-hybridized carbons (Fsp3) is 0.923. The van der Waals surface area contributed by atoms with Crippen LogP contribution in [0, 0.1) is 5.41 Å². The normalized spacial score (nSPS) is 17.6. The minimum Gasteiger partial charge on any atom is -0.370 e. The minimum atomic E-state index is 0.147. The first-order chi connectivity index (χ1) is 8.17. The van der Waals surface area contributed by atoms with Crippen LogP contribution in [0.1, 0.15) is 39.5 Å². The number of alkyl halides is 1. The molecular weight excluding hydrogens is 282 g/mol. The van der Waals surface area contributed by atoms with Crippen molar-refractivity contribution in [2.24, 2.45) is 5.41 Å². The third-order valence-corrected chi connectivity index (χ3v) is 4.64. The van der Waals surface area contributed by atoms with Crippen molar-refractivity contribution in [3.8, 4) is 0 Å². The lowest BCUT2D eigenvalue weighted by Crippen LogP contribution is -2.48. The van der Waals surface area contributed by atoms with Crippen molar-refractivity contribution in [1.82, 2.24) is 4.90 Å². The van der Waals surface area contributed by atoms with E-state index in [1.807, 2.05) is 4.90 Å². The molecule has 1 fully saturated rings. The predicted molar refractivity (Wildman–Crippen MR) is 73.4 cm³/mol. The standard InChI is InChI=1S/C13H24BrNO2/c1-3-5-13(10-14,6-4-2)11-15-7-8-17-9-12(15)16/h3-11H2,1-2H3. The third-order valence-electron chi connectivity index (χ3n) is 3.45. The van der Waals surface area contributed by atoms with Gasteiger partial charge in [0.15, 0.2) is 0 Å². The summed E-state index contributed by atoms with van der Waals surface area (Å²) in [6.07, 6.45) is 4.70. The Labute approximate surface area is 113 Å². The van der Waals surface area contributed by atoms with Gasteiger partial charge in [0.25, 0.3) is 0 Å². The predicted octanol–water partition coefficient (Wildman–Crippen LogP) is 2.83. The van der Waals surface area contributed by atoms with Crippen LogP contribution >= 0.6 is 15.9 Å². The van der Waals surface area contributed by atoms with Crippen molar-refractivity contribution in [3.05, 3.63) is 0 Å². The van der Waals surface area contributed by atoms with Gasteiger partial charge in [-0.3, -0.25) is 4.79 Å². The summed E-state index contributed by atoms with van der Waals surface area (Å²) in [7, 11) is 0. The van der Waals surface area contributed by atoms with Crippen LogP contribution in [0.25, 0.3) is 0 Å². The van der Waals surface area contributed by atoms with Crippen molar-refractivity contribution in [2.45, 2.75) is 39.5 Å². The second-order valence-corrected chi connectivity index (χ2v) is 5.56. The SMILES string of the molecule is CCCC(CBr)(CCC)CN1CCOCC1=O. The van der Waals surface area contributed by atoms with Crippen molar-refractivity contribution in [2.75, 3.05) is 31.6 Å². The molecule has 0 unspecified atom stereocenters. The lowest BCUT2D eigenvalue weighted by molar-refractivity contribution is -0.144. The molecule has 0 aromatic rings. The van der Waals surface area contributed by atoms with E-state index in [1.165, 1.54) is 25.7 Å². The largest absolute Gasteiger partial charge is 0.370 e. The van der Waals surface area contributed by atoms with Crippen LogP contribution in [0.15, 0.2) is 0 Å². The minimum absolute atomic E-state index is 0.147. The Morgan fingerprint density at radius 2 is 2.00 bits per heavy atom. The highest BCUT2D eigenvalue weighted by Gasteiger charge is 2.32. The first-order valence-electron chi connectivity index (χ1n) is 6.59. The molecular formula is C13H24BrNO2. The third kappa shape index (κ3) is 4.25. The molecule has 100 valence electrons. The van der Waals surface area contributed by atoms with Gasteiger partial charge in [0.2, 0.25) is 5.91 Å². The summed E-state index contributed by atoms with van der Waals surface area (Å²) in [5.41, 5.74) is 0.247. The lowest BCUT2D eigenvalue weighted by Gasteiger charge is -2.38. The molecule has 0 bridgehead atoms. The zero-order chi connectivity index (χ0) is 12.7. The van der Waals surface area contributed by atoms with E-state index in [9.17, 15) is 4.79 Å². The van der Waals surface area contributed by atoms with E-state index in [2.05, 4.69) is 29.8 Å². The summed E-state index contributed by atoms with van der Waals surface area (Å²) in [4.78, 5) is 13.8. The number of ether oxygens (including phenoxy) is 1. The average molecular weight is 306 g/mol. The molecule has 17 heavy (non-hydrogen) atoms. The molecule has 1 heterocycles. The van der Waals surface area contributed by atoms with Crippen LogP contribution in [0.5, 0.6) is 0 Å². The summed E-state index contributed by atoms with van der Waals surface area (Å²) >= 11 is 3.65. The van der Waals surface area contributed by atoms with Crippen LogP contribution < -0.4 is 0 Å². The van der Waals surface area contributed by atoms with Gasteiger partial charge in [0.1, 0.15) is 6.61 Å². The zero-order valence-corrected chi connectivity index (χ0v) is 12.6. The quantitative estimate of drug-likeness (QED) is 0.677. The molecule has 1 amide bonds. The Morgan fingerprint density at radius 3 is 2.47 bits per heavy atom. The monoisotopic (exact) mass is 305 g/mol. The summed E-state index contributed by atoms with van der Waals surface area (Å²) in [5.74, 6) is 0.147.